The van der Waals surface area contributed by atoms with E-state index in [2.05, 4.69) is 6.92 Å². The molecule has 2 N–H and O–H groups in total. The summed E-state index contributed by atoms with van der Waals surface area (Å²) >= 11 is 0. The van der Waals surface area contributed by atoms with Crippen LogP contribution in [0.15, 0.2) is 29.2 Å². The molecule has 0 spiro atoms. The van der Waals surface area contributed by atoms with E-state index in [1.165, 1.54) is 0 Å². The van der Waals surface area contributed by atoms with E-state index in [1.807, 2.05) is 0 Å². The molecule has 0 aliphatic heterocycles. The van der Waals surface area contributed by atoms with Crippen LogP contribution in [0.5, 0.6) is 0 Å². The first-order valence-corrected chi connectivity index (χ1v) is 8.18. The molecule has 100 valence electrons. The van der Waals surface area contributed by atoms with E-state index in [4.69, 9.17) is 5.73 Å². The molecule has 1 aliphatic carbocycles. The maximum Gasteiger partial charge on any atom is 0.183 e. The molecule has 0 bridgehead atoms. The summed E-state index contributed by atoms with van der Waals surface area (Å²) in [7, 11) is -3.26. The minimum Gasteiger partial charge on any atom is -0.398 e. The summed E-state index contributed by atoms with van der Waals surface area (Å²) in [5, 5.41) is -0.249. The summed E-state index contributed by atoms with van der Waals surface area (Å²) in [6.07, 6.45) is 4.79. The Morgan fingerprint density at radius 3 is 2.67 bits per heavy atom. The van der Waals surface area contributed by atoms with Crippen molar-refractivity contribution in [1.82, 2.24) is 0 Å². The molecule has 1 saturated carbocycles. The zero-order valence-electron chi connectivity index (χ0n) is 10.8. The van der Waals surface area contributed by atoms with Crippen molar-refractivity contribution in [1.29, 1.82) is 0 Å². The fourth-order valence-corrected chi connectivity index (χ4v) is 4.84. The van der Waals surface area contributed by atoms with Gasteiger partial charge in [-0.25, -0.2) is 8.42 Å². The quantitative estimate of drug-likeness (QED) is 0.856. The van der Waals surface area contributed by atoms with Gasteiger partial charge in [0.25, 0.3) is 0 Å². The molecule has 0 radical (unpaired) electrons. The number of rotatable bonds is 3. The molecule has 1 aromatic rings. The maximum absolute atomic E-state index is 12.6. The molecule has 1 aliphatic rings. The van der Waals surface area contributed by atoms with Crippen LogP contribution in [0.1, 0.15) is 39.0 Å². The van der Waals surface area contributed by atoms with Crippen molar-refractivity contribution in [2.75, 3.05) is 5.73 Å². The Labute approximate surface area is 109 Å². The van der Waals surface area contributed by atoms with E-state index in [0.717, 1.165) is 32.1 Å². The van der Waals surface area contributed by atoms with E-state index in [1.54, 1.807) is 24.3 Å². The molecule has 2 atom stereocenters. The highest BCUT2D eigenvalue weighted by atomic mass is 32.2. The van der Waals surface area contributed by atoms with Crippen LogP contribution in [0.2, 0.25) is 0 Å². The second-order valence-corrected chi connectivity index (χ2v) is 7.34. The van der Waals surface area contributed by atoms with Crippen molar-refractivity contribution in [3.63, 3.8) is 0 Å². The van der Waals surface area contributed by atoms with E-state index in [9.17, 15) is 8.42 Å². The van der Waals surface area contributed by atoms with Gasteiger partial charge >= 0.3 is 0 Å². The zero-order chi connectivity index (χ0) is 13.2. The number of hydrogen-bond acceptors (Lipinski definition) is 3. The number of anilines is 1. The Hall–Kier alpha value is -1.03. The molecule has 18 heavy (non-hydrogen) atoms. The molecular weight excluding hydrogens is 246 g/mol. The Morgan fingerprint density at radius 1 is 1.28 bits per heavy atom. The molecule has 1 fully saturated rings. The fourth-order valence-electron chi connectivity index (χ4n) is 2.81. The van der Waals surface area contributed by atoms with Crippen molar-refractivity contribution in [3.8, 4) is 0 Å². The lowest BCUT2D eigenvalue weighted by molar-refractivity contribution is 0.348. The molecule has 0 saturated heterocycles. The first kappa shape index (κ1) is 13.4. The van der Waals surface area contributed by atoms with Crippen LogP contribution >= 0.6 is 0 Å². The van der Waals surface area contributed by atoms with Crippen LogP contribution in [0.4, 0.5) is 5.69 Å². The standard InChI is InChI=1S/C14H21NO2S/c1-2-11-6-5-7-12(10-11)18(16,17)14-9-4-3-8-13(14)15/h3-4,8-9,11-12H,2,5-7,10,15H2,1H3. The van der Waals surface area contributed by atoms with Crippen LogP contribution in [-0.2, 0) is 9.84 Å². The first-order valence-electron chi connectivity index (χ1n) is 6.64. The molecule has 3 nitrogen and oxygen atoms in total. The van der Waals surface area contributed by atoms with Crippen LogP contribution in [0.25, 0.3) is 0 Å². The first-order chi connectivity index (χ1) is 8.55. The smallest absolute Gasteiger partial charge is 0.183 e. The Bertz CT molecular complexity index is 510. The number of nitrogens with two attached hydrogens (primary N) is 1. The predicted molar refractivity (Wildman–Crippen MR) is 74.1 cm³/mol. The monoisotopic (exact) mass is 267 g/mol. The van der Waals surface area contributed by atoms with Crippen molar-refractivity contribution >= 4 is 15.5 Å². The molecule has 4 heteroatoms. The van der Waals surface area contributed by atoms with Crippen LogP contribution in [0, 0.1) is 5.92 Å². The van der Waals surface area contributed by atoms with Gasteiger partial charge in [-0.2, -0.15) is 0 Å². The van der Waals surface area contributed by atoms with Gasteiger partial charge in [-0.1, -0.05) is 38.3 Å². The fraction of sp³-hybridized carbons (Fsp3) is 0.571. The molecule has 1 aromatic carbocycles. The van der Waals surface area contributed by atoms with Crippen molar-refractivity contribution in [3.05, 3.63) is 24.3 Å². The summed E-state index contributed by atoms with van der Waals surface area (Å²) in [5.74, 6) is 0.545. The Kier molecular flexibility index (Phi) is 3.95. The lowest BCUT2D eigenvalue weighted by atomic mass is 9.87. The van der Waals surface area contributed by atoms with Crippen molar-refractivity contribution < 1.29 is 8.42 Å². The third-order valence-electron chi connectivity index (χ3n) is 3.98. The van der Waals surface area contributed by atoms with Crippen molar-refractivity contribution in [2.45, 2.75) is 49.2 Å². The molecular formula is C14H21NO2S. The van der Waals surface area contributed by atoms with E-state index < -0.39 is 9.84 Å². The van der Waals surface area contributed by atoms with Gasteiger partial charge in [-0.15, -0.1) is 0 Å². The Balaban J connectivity index is 2.29. The van der Waals surface area contributed by atoms with Gasteiger partial charge in [0, 0.05) is 0 Å². The van der Waals surface area contributed by atoms with Crippen LogP contribution < -0.4 is 5.73 Å². The number of hydrogen-bond donors (Lipinski definition) is 1. The molecule has 0 aromatic heterocycles. The van der Waals surface area contributed by atoms with Gasteiger partial charge in [0.2, 0.25) is 0 Å². The molecule has 0 amide bonds. The Morgan fingerprint density at radius 2 is 2.00 bits per heavy atom. The summed E-state index contributed by atoms with van der Waals surface area (Å²) < 4.78 is 25.2. The van der Waals surface area contributed by atoms with Gasteiger partial charge in [-0.05, 0) is 30.9 Å². The van der Waals surface area contributed by atoms with Gasteiger partial charge in [0.1, 0.15) is 0 Å². The third-order valence-corrected chi connectivity index (χ3v) is 6.27. The van der Waals surface area contributed by atoms with Gasteiger partial charge < -0.3 is 5.73 Å². The van der Waals surface area contributed by atoms with Crippen LogP contribution in [-0.4, -0.2) is 13.7 Å². The van der Waals surface area contributed by atoms with Gasteiger partial charge in [0.05, 0.1) is 15.8 Å². The number of sulfone groups is 1. The highest BCUT2D eigenvalue weighted by molar-refractivity contribution is 7.92. The summed E-state index contributed by atoms with van der Waals surface area (Å²) in [6.45, 7) is 2.14. The average molecular weight is 267 g/mol. The van der Waals surface area contributed by atoms with Gasteiger partial charge in [0.15, 0.2) is 9.84 Å². The van der Waals surface area contributed by atoms with Gasteiger partial charge in [-0.3, -0.25) is 0 Å². The summed E-state index contributed by atoms with van der Waals surface area (Å²) in [4.78, 5) is 0.312. The second-order valence-electron chi connectivity index (χ2n) is 5.15. The minimum atomic E-state index is -3.26. The zero-order valence-corrected chi connectivity index (χ0v) is 11.6. The molecule has 2 rings (SSSR count). The largest absolute Gasteiger partial charge is 0.398 e. The average Bonchev–Trinajstić information content (AvgIpc) is 2.39. The lowest BCUT2D eigenvalue weighted by Gasteiger charge is -2.28. The van der Waals surface area contributed by atoms with Crippen LogP contribution in [0.3, 0.4) is 0 Å². The third kappa shape index (κ3) is 2.53. The minimum absolute atomic E-state index is 0.249. The number of nitrogen functional groups attached to an aromatic ring is 1. The van der Waals surface area contributed by atoms with E-state index in [-0.39, 0.29) is 5.25 Å². The summed E-state index contributed by atoms with van der Waals surface area (Å²) in [5.41, 5.74) is 6.17. The summed E-state index contributed by atoms with van der Waals surface area (Å²) in [6, 6.07) is 6.79. The topological polar surface area (TPSA) is 60.2 Å². The van der Waals surface area contributed by atoms with E-state index in [0.29, 0.717) is 16.5 Å². The molecule has 2 unspecified atom stereocenters. The van der Waals surface area contributed by atoms with Crippen molar-refractivity contribution in [2.24, 2.45) is 5.92 Å². The SMILES string of the molecule is CCC1CCCC(S(=O)(=O)c2ccccc2N)C1. The lowest BCUT2D eigenvalue weighted by Crippen LogP contribution is -2.28. The number of para-hydroxylation sites is 1. The number of benzene rings is 1. The normalized spacial score (nSPS) is 24.9. The highest BCUT2D eigenvalue weighted by Crippen LogP contribution is 2.34. The second kappa shape index (κ2) is 5.31. The predicted octanol–water partition coefficient (Wildman–Crippen LogP) is 3.01. The maximum atomic E-state index is 12.6. The highest BCUT2D eigenvalue weighted by Gasteiger charge is 2.33. The molecule has 0 heterocycles. The van der Waals surface area contributed by atoms with E-state index >= 15 is 0 Å².